The summed E-state index contributed by atoms with van der Waals surface area (Å²) < 4.78 is 27.1. The summed E-state index contributed by atoms with van der Waals surface area (Å²) in [7, 11) is -3.35. The fourth-order valence-electron chi connectivity index (χ4n) is 2.43. The van der Waals surface area contributed by atoms with Crippen molar-refractivity contribution in [1.82, 2.24) is 9.62 Å². The lowest BCUT2D eigenvalue weighted by atomic mass is 10.2. The minimum absolute atomic E-state index is 0.491. The van der Waals surface area contributed by atoms with Gasteiger partial charge < -0.3 is 5.32 Å². The second kappa shape index (κ2) is 5.60. The predicted octanol–water partition coefficient (Wildman–Crippen LogP) is 2.34. The molecule has 1 aromatic rings. The van der Waals surface area contributed by atoms with E-state index in [4.69, 9.17) is 0 Å². The van der Waals surface area contributed by atoms with E-state index < -0.39 is 10.0 Å². The van der Waals surface area contributed by atoms with Crippen molar-refractivity contribution in [3.63, 3.8) is 0 Å². The summed E-state index contributed by atoms with van der Waals surface area (Å²) in [6, 6.07) is 2.34. The third kappa shape index (κ3) is 2.98. The van der Waals surface area contributed by atoms with Crippen LogP contribution in [0.25, 0.3) is 0 Å². The van der Waals surface area contributed by atoms with Gasteiger partial charge in [-0.05, 0) is 37.6 Å². The molecule has 0 radical (unpaired) electrons. The Balaban J connectivity index is 1.79. The van der Waals surface area contributed by atoms with Crippen LogP contribution < -0.4 is 5.32 Å². The number of hydrogen-bond donors (Lipinski definition) is 1. The zero-order chi connectivity index (χ0) is 14.2. The van der Waals surface area contributed by atoms with Gasteiger partial charge >= 0.3 is 0 Å². The average molecular weight is 312 g/mol. The van der Waals surface area contributed by atoms with Gasteiger partial charge in [0.1, 0.15) is 0 Å². The topological polar surface area (TPSA) is 49.4 Å². The minimum Gasteiger partial charge on any atom is -0.309 e. The monoisotopic (exact) mass is 312 g/mol. The maximum Gasteiger partial charge on any atom is 0.244 e. The van der Waals surface area contributed by atoms with E-state index >= 15 is 0 Å². The molecule has 0 aromatic carbocycles. The van der Waals surface area contributed by atoms with Crippen molar-refractivity contribution >= 4 is 21.4 Å². The highest BCUT2D eigenvalue weighted by Gasteiger charge is 2.29. The number of thiophene rings is 1. The molecular formula is C14H20N2O2S2. The van der Waals surface area contributed by atoms with E-state index in [2.05, 4.69) is 11.4 Å². The lowest BCUT2D eigenvalue weighted by Gasteiger charge is -2.25. The highest BCUT2D eigenvalue weighted by atomic mass is 32.2. The van der Waals surface area contributed by atoms with E-state index in [9.17, 15) is 8.42 Å². The molecule has 1 aromatic heterocycles. The van der Waals surface area contributed by atoms with Crippen LogP contribution in [0.15, 0.2) is 28.0 Å². The lowest BCUT2D eigenvalue weighted by Crippen LogP contribution is -2.35. The Morgan fingerprint density at radius 1 is 1.45 bits per heavy atom. The van der Waals surface area contributed by atoms with Crippen LogP contribution in [0.5, 0.6) is 0 Å². The predicted molar refractivity (Wildman–Crippen MR) is 81.3 cm³/mol. The molecule has 20 heavy (non-hydrogen) atoms. The Kier molecular flexibility index (Phi) is 3.99. The van der Waals surface area contributed by atoms with Crippen molar-refractivity contribution in [2.45, 2.75) is 43.7 Å². The van der Waals surface area contributed by atoms with Crippen LogP contribution in [0.4, 0.5) is 0 Å². The first-order chi connectivity index (χ1) is 9.57. The summed E-state index contributed by atoms with van der Waals surface area (Å²) in [6.45, 7) is 3.77. The fraction of sp³-hybridized carbons (Fsp3) is 0.571. The van der Waals surface area contributed by atoms with Crippen LogP contribution in [-0.2, 0) is 16.6 Å². The summed E-state index contributed by atoms with van der Waals surface area (Å²) in [6.07, 6.45) is 5.35. The van der Waals surface area contributed by atoms with Gasteiger partial charge in [0.25, 0.3) is 0 Å². The second-order valence-electron chi connectivity index (χ2n) is 5.54. The maximum absolute atomic E-state index is 12.8. The van der Waals surface area contributed by atoms with E-state index in [0.29, 0.717) is 30.6 Å². The van der Waals surface area contributed by atoms with E-state index in [-0.39, 0.29) is 0 Å². The standard InChI is InChI=1S/C14H20N2O2S2/c1-11-3-2-7-16(10-11)20(17,18)14-6-8-19-13(14)9-15-12-4-5-12/h3,6,8,12,15H,2,4-5,7,9-10H2,1H3. The molecule has 0 bridgehead atoms. The molecule has 1 N–H and O–H groups in total. The first-order valence-electron chi connectivity index (χ1n) is 7.03. The zero-order valence-corrected chi connectivity index (χ0v) is 13.3. The third-order valence-electron chi connectivity index (χ3n) is 3.75. The molecule has 0 amide bonds. The third-order valence-corrected chi connectivity index (χ3v) is 6.73. The number of sulfonamides is 1. The van der Waals surface area contributed by atoms with Crippen LogP contribution in [0.2, 0.25) is 0 Å². The molecule has 0 spiro atoms. The zero-order valence-electron chi connectivity index (χ0n) is 11.6. The molecule has 2 heterocycles. The summed E-state index contributed by atoms with van der Waals surface area (Å²) in [5, 5.41) is 5.28. The molecule has 2 aliphatic rings. The van der Waals surface area contributed by atoms with Gasteiger partial charge in [0.2, 0.25) is 10.0 Å². The molecule has 0 saturated heterocycles. The van der Waals surface area contributed by atoms with Gasteiger partial charge in [-0.15, -0.1) is 11.3 Å². The molecule has 110 valence electrons. The van der Waals surface area contributed by atoms with Gasteiger partial charge in [-0.2, -0.15) is 4.31 Å². The fourth-order valence-corrected chi connectivity index (χ4v) is 5.30. The summed E-state index contributed by atoms with van der Waals surface area (Å²) >= 11 is 1.53. The van der Waals surface area contributed by atoms with Gasteiger partial charge in [0, 0.05) is 30.6 Å². The van der Waals surface area contributed by atoms with Crippen LogP contribution in [-0.4, -0.2) is 31.9 Å². The molecule has 1 aliphatic heterocycles. The van der Waals surface area contributed by atoms with Gasteiger partial charge in [-0.25, -0.2) is 8.42 Å². The Morgan fingerprint density at radius 2 is 2.25 bits per heavy atom. The Bertz CT molecular complexity index is 615. The molecule has 4 nitrogen and oxygen atoms in total. The highest BCUT2D eigenvalue weighted by Crippen LogP contribution is 2.28. The molecule has 1 fully saturated rings. The number of nitrogens with zero attached hydrogens (tertiary/aromatic N) is 1. The smallest absolute Gasteiger partial charge is 0.244 e. The molecule has 0 unspecified atom stereocenters. The average Bonchev–Trinajstić information content (AvgIpc) is 3.12. The highest BCUT2D eigenvalue weighted by molar-refractivity contribution is 7.89. The van der Waals surface area contributed by atoms with Gasteiger partial charge in [-0.3, -0.25) is 0 Å². The Morgan fingerprint density at radius 3 is 2.95 bits per heavy atom. The van der Waals surface area contributed by atoms with E-state index in [1.165, 1.54) is 24.2 Å². The van der Waals surface area contributed by atoms with E-state index in [1.807, 2.05) is 12.3 Å². The Labute approximate surface area is 124 Å². The second-order valence-corrected chi connectivity index (χ2v) is 8.45. The molecular weight excluding hydrogens is 292 g/mol. The SMILES string of the molecule is CC1=CCCN(S(=O)(=O)c2ccsc2CNC2CC2)C1. The van der Waals surface area contributed by atoms with Crippen LogP contribution in [0.1, 0.15) is 31.1 Å². The van der Waals surface area contributed by atoms with Crippen molar-refractivity contribution in [2.75, 3.05) is 13.1 Å². The first-order valence-corrected chi connectivity index (χ1v) is 9.35. The van der Waals surface area contributed by atoms with Crippen molar-refractivity contribution in [2.24, 2.45) is 0 Å². The number of hydrogen-bond acceptors (Lipinski definition) is 4. The molecule has 1 saturated carbocycles. The molecule has 6 heteroatoms. The number of rotatable bonds is 5. The normalized spacial score (nSPS) is 20.9. The van der Waals surface area contributed by atoms with Crippen molar-refractivity contribution in [3.8, 4) is 0 Å². The lowest BCUT2D eigenvalue weighted by molar-refractivity contribution is 0.427. The maximum atomic E-state index is 12.8. The quantitative estimate of drug-likeness (QED) is 0.849. The Hall–Kier alpha value is -0.690. The minimum atomic E-state index is -3.35. The van der Waals surface area contributed by atoms with Crippen LogP contribution in [0, 0.1) is 0 Å². The van der Waals surface area contributed by atoms with Gasteiger partial charge in [0.15, 0.2) is 0 Å². The van der Waals surface area contributed by atoms with E-state index in [0.717, 1.165) is 16.9 Å². The van der Waals surface area contributed by atoms with Gasteiger partial charge in [-0.1, -0.05) is 11.6 Å². The summed E-state index contributed by atoms with van der Waals surface area (Å²) in [5.74, 6) is 0. The van der Waals surface area contributed by atoms with Crippen molar-refractivity contribution < 1.29 is 8.42 Å². The summed E-state index contributed by atoms with van der Waals surface area (Å²) in [4.78, 5) is 1.43. The van der Waals surface area contributed by atoms with Crippen molar-refractivity contribution in [3.05, 3.63) is 28.0 Å². The van der Waals surface area contributed by atoms with Crippen LogP contribution in [0.3, 0.4) is 0 Å². The molecule has 3 rings (SSSR count). The first kappa shape index (κ1) is 14.3. The van der Waals surface area contributed by atoms with Crippen LogP contribution >= 0.6 is 11.3 Å². The molecule has 1 aliphatic carbocycles. The van der Waals surface area contributed by atoms with Crippen molar-refractivity contribution in [1.29, 1.82) is 0 Å². The largest absolute Gasteiger partial charge is 0.309 e. The molecule has 0 atom stereocenters. The number of nitrogens with one attached hydrogen (secondary N) is 1. The van der Waals surface area contributed by atoms with Gasteiger partial charge in [0.05, 0.1) is 4.90 Å². The summed E-state index contributed by atoms with van der Waals surface area (Å²) in [5.41, 5.74) is 1.13. The van der Waals surface area contributed by atoms with E-state index in [1.54, 1.807) is 10.4 Å².